The topological polar surface area (TPSA) is 49.9 Å². The summed E-state index contributed by atoms with van der Waals surface area (Å²) in [6.45, 7) is 7.69. The molecule has 0 amide bonds. The standard InChI is InChI=1S/C15H24N2O3S/c1-11-9-15(12(2)8-14(11)20-5)21(18,19)17-7-6-16(4)10-13(17)3/h8-9,13H,6-7,10H2,1-5H3. The molecule has 1 saturated heterocycles. The van der Waals surface area contributed by atoms with Crippen molar-refractivity contribution in [2.24, 2.45) is 0 Å². The summed E-state index contributed by atoms with van der Waals surface area (Å²) in [6.07, 6.45) is 0. The molecule has 1 atom stereocenters. The smallest absolute Gasteiger partial charge is 0.243 e. The average Bonchev–Trinajstić information content (AvgIpc) is 2.40. The van der Waals surface area contributed by atoms with Crippen molar-refractivity contribution in [3.63, 3.8) is 0 Å². The van der Waals surface area contributed by atoms with E-state index >= 15 is 0 Å². The molecule has 1 aliphatic heterocycles. The second-order valence-corrected chi connectivity index (χ2v) is 7.67. The Bertz CT molecular complexity index is 628. The van der Waals surface area contributed by atoms with Crippen molar-refractivity contribution in [3.05, 3.63) is 23.3 Å². The number of aryl methyl sites for hydroxylation is 2. The zero-order valence-corrected chi connectivity index (χ0v) is 14.2. The first-order chi connectivity index (χ1) is 9.77. The molecule has 6 heteroatoms. The lowest BCUT2D eigenvalue weighted by Gasteiger charge is -2.37. The van der Waals surface area contributed by atoms with E-state index in [1.165, 1.54) is 0 Å². The Morgan fingerprint density at radius 3 is 2.43 bits per heavy atom. The molecule has 1 heterocycles. The number of likely N-dealkylation sites (N-methyl/N-ethyl adjacent to an activating group) is 1. The van der Waals surface area contributed by atoms with Gasteiger partial charge in [-0.05, 0) is 51.1 Å². The number of sulfonamides is 1. The predicted molar refractivity (Wildman–Crippen MR) is 83.3 cm³/mol. The molecule has 0 saturated carbocycles. The number of hydrogen-bond donors (Lipinski definition) is 0. The Morgan fingerprint density at radius 2 is 1.86 bits per heavy atom. The van der Waals surface area contributed by atoms with Crippen molar-refractivity contribution < 1.29 is 13.2 Å². The number of piperazine rings is 1. The summed E-state index contributed by atoms with van der Waals surface area (Å²) in [7, 11) is 0.151. The molecule has 0 spiro atoms. The van der Waals surface area contributed by atoms with E-state index in [-0.39, 0.29) is 6.04 Å². The summed E-state index contributed by atoms with van der Waals surface area (Å²) in [5.74, 6) is 0.720. The van der Waals surface area contributed by atoms with E-state index in [1.54, 1.807) is 23.5 Å². The van der Waals surface area contributed by atoms with Crippen LogP contribution in [-0.4, -0.2) is 57.5 Å². The Morgan fingerprint density at radius 1 is 1.19 bits per heavy atom. The van der Waals surface area contributed by atoms with E-state index in [9.17, 15) is 8.42 Å². The summed E-state index contributed by atoms with van der Waals surface area (Å²) in [4.78, 5) is 2.54. The molecule has 0 aliphatic carbocycles. The van der Waals surface area contributed by atoms with E-state index in [1.807, 2.05) is 27.8 Å². The van der Waals surface area contributed by atoms with E-state index in [0.29, 0.717) is 11.4 Å². The second kappa shape index (κ2) is 5.94. The lowest BCUT2D eigenvalue weighted by molar-refractivity contribution is 0.170. The van der Waals surface area contributed by atoms with Gasteiger partial charge in [0.25, 0.3) is 0 Å². The van der Waals surface area contributed by atoms with Gasteiger partial charge < -0.3 is 9.64 Å². The van der Waals surface area contributed by atoms with Crippen LogP contribution >= 0.6 is 0 Å². The Balaban J connectivity index is 2.42. The fourth-order valence-electron chi connectivity index (χ4n) is 2.87. The van der Waals surface area contributed by atoms with Gasteiger partial charge in [-0.15, -0.1) is 0 Å². The number of benzene rings is 1. The van der Waals surface area contributed by atoms with Crippen molar-refractivity contribution in [2.75, 3.05) is 33.8 Å². The van der Waals surface area contributed by atoms with Gasteiger partial charge in [-0.1, -0.05) is 0 Å². The molecule has 1 aromatic carbocycles. The van der Waals surface area contributed by atoms with Gasteiger partial charge in [0.1, 0.15) is 5.75 Å². The Kier molecular flexibility index (Phi) is 4.60. The van der Waals surface area contributed by atoms with Crippen molar-refractivity contribution in [1.82, 2.24) is 9.21 Å². The first-order valence-corrected chi connectivity index (χ1v) is 8.57. The minimum absolute atomic E-state index is 0.0180. The van der Waals surface area contributed by atoms with Crippen molar-refractivity contribution in [1.29, 1.82) is 0 Å². The van der Waals surface area contributed by atoms with E-state index in [4.69, 9.17) is 4.74 Å². The third-order valence-corrected chi connectivity index (χ3v) is 6.20. The van der Waals surface area contributed by atoms with Gasteiger partial charge in [0.05, 0.1) is 12.0 Å². The van der Waals surface area contributed by atoms with Gasteiger partial charge >= 0.3 is 0 Å². The summed E-state index contributed by atoms with van der Waals surface area (Å²) in [5, 5.41) is 0. The maximum atomic E-state index is 12.9. The van der Waals surface area contributed by atoms with Crippen LogP contribution in [0.3, 0.4) is 0 Å². The van der Waals surface area contributed by atoms with Crippen LogP contribution in [0.25, 0.3) is 0 Å². The summed E-state index contributed by atoms with van der Waals surface area (Å²) >= 11 is 0. The van der Waals surface area contributed by atoms with Gasteiger partial charge in [0.2, 0.25) is 10.0 Å². The number of rotatable bonds is 3. The largest absolute Gasteiger partial charge is 0.496 e. The van der Waals surface area contributed by atoms with Gasteiger partial charge in [-0.2, -0.15) is 4.31 Å². The summed E-state index contributed by atoms with van der Waals surface area (Å²) in [6, 6.07) is 3.49. The molecule has 1 unspecified atom stereocenters. The van der Waals surface area contributed by atoms with E-state index in [0.717, 1.165) is 30.0 Å². The first kappa shape index (κ1) is 16.3. The van der Waals surface area contributed by atoms with Gasteiger partial charge in [-0.25, -0.2) is 8.42 Å². The normalized spacial score (nSPS) is 21.5. The van der Waals surface area contributed by atoms with Crippen LogP contribution in [0.4, 0.5) is 0 Å². The fourth-order valence-corrected chi connectivity index (χ4v) is 4.77. The maximum Gasteiger partial charge on any atom is 0.243 e. The molecule has 1 aliphatic rings. The SMILES string of the molecule is COc1cc(C)c(S(=O)(=O)N2CCN(C)CC2C)cc1C. The zero-order chi connectivity index (χ0) is 15.8. The van der Waals surface area contributed by atoms with Crippen molar-refractivity contribution in [3.8, 4) is 5.75 Å². The third kappa shape index (κ3) is 3.07. The summed E-state index contributed by atoms with van der Waals surface area (Å²) in [5.41, 5.74) is 1.56. The lowest BCUT2D eigenvalue weighted by Crippen LogP contribution is -2.52. The van der Waals surface area contributed by atoms with Gasteiger partial charge in [-0.3, -0.25) is 0 Å². The van der Waals surface area contributed by atoms with E-state index in [2.05, 4.69) is 4.90 Å². The molecule has 0 aromatic heterocycles. The molecule has 0 N–H and O–H groups in total. The molecular weight excluding hydrogens is 288 g/mol. The summed E-state index contributed by atoms with van der Waals surface area (Å²) < 4.78 is 32.8. The highest BCUT2D eigenvalue weighted by Crippen LogP contribution is 2.29. The van der Waals surface area contributed by atoms with Crippen LogP contribution < -0.4 is 4.74 Å². The molecule has 5 nitrogen and oxygen atoms in total. The van der Waals surface area contributed by atoms with Crippen LogP contribution in [0.15, 0.2) is 17.0 Å². The second-order valence-electron chi connectivity index (χ2n) is 5.81. The van der Waals surface area contributed by atoms with Crippen LogP contribution in [-0.2, 0) is 10.0 Å². The monoisotopic (exact) mass is 312 g/mol. The van der Waals surface area contributed by atoms with Crippen molar-refractivity contribution >= 4 is 10.0 Å². The molecule has 0 bridgehead atoms. The minimum Gasteiger partial charge on any atom is -0.496 e. The van der Waals surface area contributed by atoms with Crippen molar-refractivity contribution in [2.45, 2.75) is 31.7 Å². The lowest BCUT2D eigenvalue weighted by atomic mass is 10.1. The van der Waals surface area contributed by atoms with Crippen LogP contribution in [0.5, 0.6) is 5.75 Å². The molecule has 21 heavy (non-hydrogen) atoms. The highest BCUT2D eigenvalue weighted by Gasteiger charge is 2.33. The molecule has 2 rings (SSSR count). The Hall–Kier alpha value is -1.11. The number of ether oxygens (including phenoxy) is 1. The fraction of sp³-hybridized carbons (Fsp3) is 0.600. The van der Waals surface area contributed by atoms with Crippen LogP contribution in [0.1, 0.15) is 18.1 Å². The highest BCUT2D eigenvalue weighted by atomic mass is 32.2. The number of hydrogen-bond acceptors (Lipinski definition) is 4. The van der Waals surface area contributed by atoms with Gasteiger partial charge in [0, 0.05) is 25.7 Å². The molecule has 1 fully saturated rings. The van der Waals surface area contributed by atoms with Gasteiger partial charge in [0.15, 0.2) is 0 Å². The zero-order valence-electron chi connectivity index (χ0n) is 13.4. The predicted octanol–water partition coefficient (Wildman–Crippen LogP) is 1.64. The Labute approximate surface area is 127 Å². The third-order valence-electron chi connectivity index (χ3n) is 4.05. The first-order valence-electron chi connectivity index (χ1n) is 7.13. The van der Waals surface area contributed by atoms with Crippen LogP contribution in [0.2, 0.25) is 0 Å². The molecule has 1 aromatic rings. The maximum absolute atomic E-state index is 12.9. The minimum atomic E-state index is -3.46. The molecule has 0 radical (unpaired) electrons. The van der Waals surface area contributed by atoms with Crippen LogP contribution in [0, 0.1) is 13.8 Å². The number of nitrogens with zero attached hydrogens (tertiary/aromatic N) is 2. The molecule has 118 valence electrons. The average molecular weight is 312 g/mol. The number of methoxy groups -OCH3 is 1. The molecular formula is C15H24N2O3S. The quantitative estimate of drug-likeness (QED) is 0.851. The highest BCUT2D eigenvalue weighted by molar-refractivity contribution is 7.89. The van der Waals surface area contributed by atoms with E-state index < -0.39 is 10.0 Å².